The second kappa shape index (κ2) is 3.75. The smallest absolute Gasteiger partial charge is 0.337 e. The van der Waals surface area contributed by atoms with Crippen LogP contribution in [0.5, 0.6) is 0 Å². The summed E-state index contributed by atoms with van der Waals surface area (Å²) in [7, 11) is 0. The van der Waals surface area contributed by atoms with E-state index in [1.165, 1.54) is 0 Å². The third-order valence-corrected chi connectivity index (χ3v) is 1.22. The van der Waals surface area contributed by atoms with E-state index in [1.54, 1.807) is 19.5 Å². The van der Waals surface area contributed by atoms with Crippen molar-refractivity contribution in [2.24, 2.45) is 4.99 Å². The molecule has 0 atom stereocenters. The van der Waals surface area contributed by atoms with Crippen LogP contribution in [0.2, 0.25) is 0 Å². The molecule has 0 amide bonds. The summed E-state index contributed by atoms with van der Waals surface area (Å²) in [6.07, 6.45) is 3.15. The van der Waals surface area contributed by atoms with Gasteiger partial charge in [-0.3, -0.25) is 4.99 Å². The Morgan fingerprint density at radius 2 is 2.73 bits per heavy atom. The molecule has 0 unspecified atom stereocenters. The minimum atomic E-state index is -0.295. The molecule has 0 aromatic carbocycles. The Balaban J connectivity index is 2.46. The molecule has 0 aromatic heterocycles. The fraction of sp³-hybridized carbons (Fsp3) is 0.429. The molecule has 0 bridgehead atoms. The van der Waals surface area contributed by atoms with Crippen molar-refractivity contribution in [3.63, 3.8) is 0 Å². The number of nitrogens with zero attached hydrogens (tertiary/aromatic N) is 1. The van der Waals surface area contributed by atoms with E-state index in [0.717, 1.165) is 0 Å². The third kappa shape index (κ3) is 2.07. The van der Waals surface area contributed by atoms with Gasteiger partial charge in [0.25, 0.3) is 0 Å². The van der Waals surface area contributed by atoms with E-state index in [4.69, 9.17) is 4.74 Å². The Morgan fingerprint density at radius 3 is 3.27 bits per heavy atom. The molecular weight excluding hydrogens is 144 g/mol. The molecule has 1 heterocycles. The fourth-order valence-electron chi connectivity index (χ4n) is 0.727. The molecule has 0 spiro atoms. The number of hydrogen-bond acceptors (Lipinski definition) is 4. The summed E-state index contributed by atoms with van der Waals surface area (Å²) in [5.74, 6) is -0.295. The summed E-state index contributed by atoms with van der Waals surface area (Å²) in [6.45, 7) is 2.59. The highest BCUT2D eigenvalue weighted by atomic mass is 16.5. The molecule has 0 fully saturated rings. The van der Waals surface area contributed by atoms with Gasteiger partial charge in [0.05, 0.1) is 25.1 Å². The van der Waals surface area contributed by atoms with E-state index in [2.05, 4.69) is 10.3 Å². The second-order valence-electron chi connectivity index (χ2n) is 2.03. The van der Waals surface area contributed by atoms with Crippen LogP contribution in [0.3, 0.4) is 0 Å². The summed E-state index contributed by atoms with van der Waals surface area (Å²) >= 11 is 0. The Labute approximate surface area is 65.0 Å². The maximum absolute atomic E-state index is 11.0. The van der Waals surface area contributed by atoms with Gasteiger partial charge in [0.1, 0.15) is 0 Å². The van der Waals surface area contributed by atoms with Crippen LogP contribution in [0.4, 0.5) is 0 Å². The number of carbonyl (C=O) groups is 1. The van der Waals surface area contributed by atoms with E-state index in [0.29, 0.717) is 18.7 Å². The molecule has 4 heteroatoms. The highest BCUT2D eigenvalue weighted by Gasteiger charge is 2.10. The number of carbonyl (C=O) groups excluding carboxylic acids is 1. The molecule has 60 valence electrons. The van der Waals surface area contributed by atoms with Gasteiger partial charge in [-0.25, -0.2) is 4.79 Å². The van der Waals surface area contributed by atoms with Gasteiger partial charge in [-0.2, -0.15) is 0 Å². The van der Waals surface area contributed by atoms with Crippen molar-refractivity contribution in [3.8, 4) is 0 Å². The molecule has 0 saturated carbocycles. The summed E-state index contributed by atoms with van der Waals surface area (Å²) in [5.41, 5.74) is 0.564. The number of ether oxygens (including phenoxy) is 1. The van der Waals surface area contributed by atoms with Gasteiger partial charge in [-0.15, -0.1) is 0 Å². The normalized spacial score (nSPS) is 15.2. The summed E-state index contributed by atoms with van der Waals surface area (Å²) in [4.78, 5) is 14.9. The van der Waals surface area contributed by atoms with Crippen LogP contribution in [0, 0.1) is 0 Å². The van der Waals surface area contributed by atoms with E-state index < -0.39 is 0 Å². The fourth-order valence-corrected chi connectivity index (χ4v) is 0.727. The zero-order chi connectivity index (χ0) is 8.10. The molecule has 0 aromatic rings. The van der Waals surface area contributed by atoms with Gasteiger partial charge in [0.15, 0.2) is 0 Å². The largest absolute Gasteiger partial charge is 0.463 e. The van der Waals surface area contributed by atoms with Gasteiger partial charge >= 0.3 is 5.97 Å². The Hall–Kier alpha value is -1.32. The van der Waals surface area contributed by atoms with Gasteiger partial charge in [0.2, 0.25) is 0 Å². The lowest BCUT2D eigenvalue weighted by atomic mass is 10.3. The van der Waals surface area contributed by atoms with E-state index in [9.17, 15) is 4.79 Å². The zero-order valence-corrected chi connectivity index (χ0v) is 6.33. The molecule has 0 radical (unpaired) electrons. The Bertz CT molecular complexity index is 208. The summed E-state index contributed by atoms with van der Waals surface area (Å²) < 4.78 is 4.76. The van der Waals surface area contributed by atoms with Crippen molar-refractivity contribution >= 4 is 12.3 Å². The minimum Gasteiger partial charge on any atom is -0.463 e. The highest BCUT2D eigenvalue weighted by molar-refractivity contribution is 5.90. The SMILES string of the molecule is CCOC(=O)C1=CNC=NC1. The predicted octanol–water partition coefficient (Wildman–Crippen LogP) is 0.0649. The predicted molar refractivity (Wildman–Crippen MR) is 41.2 cm³/mol. The lowest BCUT2D eigenvalue weighted by molar-refractivity contribution is -0.138. The van der Waals surface area contributed by atoms with E-state index >= 15 is 0 Å². The summed E-state index contributed by atoms with van der Waals surface area (Å²) in [5, 5.41) is 2.72. The van der Waals surface area contributed by atoms with Gasteiger partial charge in [0, 0.05) is 6.20 Å². The first kappa shape index (κ1) is 7.78. The number of rotatable bonds is 2. The first-order valence-electron chi connectivity index (χ1n) is 3.45. The molecule has 4 nitrogen and oxygen atoms in total. The van der Waals surface area contributed by atoms with Crippen LogP contribution in [0.15, 0.2) is 16.8 Å². The molecule has 1 rings (SSSR count). The first-order valence-corrected chi connectivity index (χ1v) is 3.45. The number of hydrogen-bond donors (Lipinski definition) is 1. The monoisotopic (exact) mass is 154 g/mol. The Kier molecular flexibility index (Phi) is 2.66. The van der Waals surface area contributed by atoms with Crippen molar-refractivity contribution < 1.29 is 9.53 Å². The molecule has 0 saturated heterocycles. The second-order valence-corrected chi connectivity index (χ2v) is 2.03. The van der Waals surface area contributed by atoms with Gasteiger partial charge in [-0.05, 0) is 6.92 Å². The van der Waals surface area contributed by atoms with E-state index in [-0.39, 0.29) is 5.97 Å². The molecule has 11 heavy (non-hydrogen) atoms. The van der Waals surface area contributed by atoms with Crippen molar-refractivity contribution in [1.29, 1.82) is 0 Å². The van der Waals surface area contributed by atoms with Crippen molar-refractivity contribution in [2.75, 3.05) is 13.2 Å². The third-order valence-electron chi connectivity index (χ3n) is 1.22. The highest BCUT2D eigenvalue weighted by Crippen LogP contribution is 1.99. The average Bonchev–Trinajstić information content (AvgIpc) is 2.07. The van der Waals surface area contributed by atoms with Crippen LogP contribution in [0.1, 0.15) is 6.92 Å². The molecule has 1 aliphatic heterocycles. The molecule has 0 aliphatic carbocycles. The van der Waals surface area contributed by atoms with Crippen LogP contribution >= 0.6 is 0 Å². The standard InChI is InChI=1S/C7H10N2O2/c1-2-11-7(10)6-3-8-5-9-4-6/h3,5H,2,4H2,1H3,(H,8,9). The first-order chi connectivity index (χ1) is 5.34. The Morgan fingerprint density at radius 1 is 1.91 bits per heavy atom. The number of nitrogens with one attached hydrogen (secondary N) is 1. The van der Waals surface area contributed by atoms with E-state index in [1.807, 2.05) is 0 Å². The van der Waals surface area contributed by atoms with Crippen molar-refractivity contribution in [1.82, 2.24) is 5.32 Å². The van der Waals surface area contributed by atoms with Crippen LogP contribution in [-0.4, -0.2) is 25.5 Å². The number of esters is 1. The summed E-state index contributed by atoms with van der Waals surface area (Å²) in [6, 6.07) is 0. The maximum atomic E-state index is 11.0. The van der Waals surface area contributed by atoms with Crippen LogP contribution < -0.4 is 5.32 Å². The lowest BCUT2D eigenvalue weighted by Crippen LogP contribution is -2.18. The van der Waals surface area contributed by atoms with Crippen LogP contribution in [0.25, 0.3) is 0 Å². The lowest BCUT2D eigenvalue weighted by Gasteiger charge is -2.06. The van der Waals surface area contributed by atoms with Crippen molar-refractivity contribution in [3.05, 3.63) is 11.8 Å². The average molecular weight is 154 g/mol. The maximum Gasteiger partial charge on any atom is 0.337 e. The zero-order valence-electron chi connectivity index (χ0n) is 6.33. The van der Waals surface area contributed by atoms with Crippen LogP contribution in [-0.2, 0) is 9.53 Å². The van der Waals surface area contributed by atoms with Gasteiger partial charge in [-0.1, -0.05) is 0 Å². The van der Waals surface area contributed by atoms with Crippen molar-refractivity contribution in [2.45, 2.75) is 6.92 Å². The molecule has 1 aliphatic rings. The number of aliphatic imine (C=N–C) groups is 1. The van der Waals surface area contributed by atoms with Gasteiger partial charge < -0.3 is 10.1 Å². The topological polar surface area (TPSA) is 50.7 Å². The minimum absolute atomic E-state index is 0.295. The quantitative estimate of drug-likeness (QED) is 0.572. The molecule has 1 N–H and O–H groups in total. The molecular formula is C7H10N2O2.